The van der Waals surface area contributed by atoms with Crippen molar-refractivity contribution < 1.29 is 24.5 Å². The average molecular weight is 313 g/mol. The van der Waals surface area contributed by atoms with Gasteiger partial charge in [0, 0.05) is 20.2 Å². The highest BCUT2D eigenvalue weighted by Gasteiger charge is 2.47. The number of carbonyl (C=O) groups excluding carboxylic acids is 1. The standard InChI is InChI=1S/C16H27NO5/c1-10(2)16(20,11(3)21-4)15(19)22-9-12-5-7-17-8-6-13(18)14(12)17/h5,10-11,13-14,18,20H,6-9H2,1-4H3/t11?,13-,14+,16?/m0/s1. The molecule has 2 aliphatic heterocycles. The zero-order valence-electron chi connectivity index (χ0n) is 13.8. The van der Waals surface area contributed by atoms with Gasteiger partial charge < -0.3 is 19.7 Å². The third kappa shape index (κ3) is 2.93. The van der Waals surface area contributed by atoms with Crippen molar-refractivity contribution in [2.24, 2.45) is 5.92 Å². The first-order chi connectivity index (χ1) is 10.3. The van der Waals surface area contributed by atoms with Crippen LogP contribution in [0.1, 0.15) is 27.2 Å². The average Bonchev–Trinajstić information content (AvgIpc) is 3.06. The van der Waals surface area contributed by atoms with E-state index in [1.54, 1.807) is 20.8 Å². The minimum Gasteiger partial charge on any atom is -0.459 e. The summed E-state index contributed by atoms with van der Waals surface area (Å²) in [5.74, 6) is -1.01. The Balaban J connectivity index is 2.00. The Morgan fingerprint density at radius 1 is 1.50 bits per heavy atom. The van der Waals surface area contributed by atoms with Gasteiger partial charge in [0.25, 0.3) is 0 Å². The normalized spacial score (nSPS) is 29.1. The Morgan fingerprint density at radius 2 is 2.18 bits per heavy atom. The highest BCUT2D eigenvalue weighted by molar-refractivity contribution is 5.80. The van der Waals surface area contributed by atoms with Crippen LogP contribution in [0.25, 0.3) is 0 Å². The smallest absolute Gasteiger partial charge is 0.341 e. The number of fused-ring (bicyclic) bond motifs is 1. The molecule has 6 heteroatoms. The number of aliphatic hydroxyl groups excluding tert-OH is 1. The fourth-order valence-electron chi connectivity index (χ4n) is 3.34. The molecule has 0 amide bonds. The van der Waals surface area contributed by atoms with Gasteiger partial charge in [0.05, 0.1) is 18.2 Å². The molecule has 22 heavy (non-hydrogen) atoms. The Labute approximate surface area is 131 Å². The van der Waals surface area contributed by atoms with Crippen molar-refractivity contribution in [1.82, 2.24) is 4.90 Å². The lowest BCUT2D eigenvalue weighted by Crippen LogP contribution is -2.54. The van der Waals surface area contributed by atoms with Crippen molar-refractivity contribution in [2.45, 2.75) is 51.0 Å². The molecule has 4 atom stereocenters. The van der Waals surface area contributed by atoms with Crippen molar-refractivity contribution in [1.29, 1.82) is 0 Å². The van der Waals surface area contributed by atoms with E-state index in [9.17, 15) is 15.0 Å². The van der Waals surface area contributed by atoms with Crippen molar-refractivity contribution >= 4 is 5.97 Å². The quantitative estimate of drug-likeness (QED) is 0.543. The molecule has 2 unspecified atom stereocenters. The second-order valence-corrected chi connectivity index (χ2v) is 6.51. The van der Waals surface area contributed by atoms with Gasteiger partial charge in [0.2, 0.25) is 0 Å². The molecular formula is C16H27NO5. The molecule has 0 bridgehead atoms. The first kappa shape index (κ1) is 17.4. The molecule has 2 N–H and O–H groups in total. The van der Waals surface area contributed by atoms with Gasteiger partial charge in [-0.05, 0) is 24.8 Å². The van der Waals surface area contributed by atoms with Crippen LogP contribution in [-0.4, -0.2) is 71.7 Å². The van der Waals surface area contributed by atoms with Crippen LogP contribution >= 0.6 is 0 Å². The first-order valence-electron chi connectivity index (χ1n) is 7.85. The van der Waals surface area contributed by atoms with Crippen LogP contribution in [0.15, 0.2) is 11.6 Å². The van der Waals surface area contributed by atoms with Crippen molar-refractivity contribution in [3.05, 3.63) is 11.6 Å². The molecule has 0 saturated carbocycles. The van der Waals surface area contributed by atoms with Crippen molar-refractivity contribution in [3.8, 4) is 0 Å². The molecule has 0 aliphatic carbocycles. The maximum atomic E-state index is 12.4. The molecule has 0 radical (unpaired) electrons. The summed E-state index contributed by atoms with van der Waals surface area (Å²) >= 11 is 0. The fourth-order valence-corrected chi connectivity index (χ4v) is 3.34. The van der Waals surface area contributed by atoms with Gasteiger partial charge in [-0.15, -0.1) is 0 Å². The van der Waals surface area contributed by atoms with Crippen LogP contribution in [0.3, 0.4) is 0 Å². The van der Waals surface area contributed by atoms with E-state index in [1.807, 2.05) is 6.08 Å². The third-order valence-corrected chi connectivity index (χ3v) is 4.99. The number of esters is 1. The number of nitrogens with zero attached hydrogens (tertiary/aromatic N) is 1. The van der Waals surface area contributed by atoms with Crippen LogP contribution in [0.2, 0.25) is 0 Å². The monoisotopic (exact) mass is 313 g/mol. The summed E-state index contributed by atoms with van der Waals surface area (Å²) in [5, 5.41) is 20.7. The molecule has 0 aromatic rings. The van der Waals surface area contributed by atoms with Gasteiger partial charge in [-0.2, -0.15) is 0 Å². The molecule has 0 aromatic heterocycles. The lowest BCUT2D eigenvalue weighted by Gasteiger charge is -2.34. The summed E-state index contributed by atoms with van der Waals surface area (Å²) < 4.78 is 10.5. The summed E-state index contributed by atoms with van der Waals surface area (Å²) in [6.07, 6.45) is 1.67. The fraction of sp³-hybridized carbons (Fsp3) is 0.812. The second-order valence-electron chi connectivity index (χ2n) is 6.51. The van der Waals surface area contributed by atoms with E-state index >= 15 is 0 Å². The van der Waals surface area contributed by atoms with E-state index in [-0.39, 0.29) is 18.6 Å². The van der Waals surface area contributed by atoms with Gasteiger partial charge in [-0.25, -0.2) is 4.79 Å². The number of rotatable bonds is 6. The number of hydrogen-bond acceptors (Lipinski definition) is 6. The van der Waals surface area contributed by atoms with Gasteiger partial charge >= 0.3 is 5.97 Å². The van der Waals surface area contributed by atoms with Crippen LogP contribution in [-0.2, 0) is 14.3 Å². The molecule has 0 aromatic carbocycles. The predicted molar refractivity (Wildman–Crippen MR) is 81.3 cm³/mol. The minimum absolute atomic E-state index is 0.0557. The van der Waals surface area contributed by atoms with Crippen LogP contribution in [0.4, 0.5) is 0 Å². The topological polar surface area (TPSA) is 79.2 Å². The largest absolute Gasteiger partial charge is 0.459 e. The Bertz CT molecular complexity index is 450. The van der Waals surface area contributed by atoms with Gasteiger partial charge in [0.15, 0.2) is 5.60 Å². The Kier molecular flexibility index (Phi) is 5.27. The van der Waals surface area contributed by atoms with Gasteiger partial charge in [0.1, 0.15) is 6.61 Å². The minimum atomic E-state index is -1.68. The van der Waals surface area contributed by atoms with E-state index < -0.39 is 23.8 Å². The molecule has 6 nitrogen and oxygen atoms in total. The number of aliphatic hydroxyl groups is 2. The summed E-state index contributed by atoms with van der Waals surface area (Å²) in [4.78, 5) is 14.5. The molecule has 1 saturated heterocycles. The maximum absolute atomic E-state index is 12.4. The van der Waals surface area contributed by atoms with E-state index in [2.05, 4.69) is 4.90 Å². The second kappa shape index (κ2) is 6.66. The molecule has 0 spiro atoms. The zero-order valence-corrected chi connectivity index (χ0v) is 13.8. The van der Waals surface area contributed by atoms with Gasteiger partial charge in [-0.1, -0.05) is 19.9 Å². The van der Waals surface area contributed by atoms with E-state index in [0.717, 1.165) is 25.1 Å². The van der Waals surface area contributed by atoms with E-state index in [4.69, 9.17) is 9.47 Å². The SMILES string of the molecule is COC(C)C(O)(C(=O)OCC1=CCN2CC[C@H](O)[C@@H]12)C(C)C. The summed E-state index contributed by atoms with van der Waals surface area (Å²) in [6, 6.07) is -0.0557. The molecule has 2 rings (SSSR count). The number of hydrogen-bond donors (Lipinski definition) is 2. The van der Waals surface area contributed by atoms with Crippen molar-refractivity contribution in [3.63, 3.8) is 0 Å². The van der Waals surface area contributed by atoms with Gasteiger partial charge in [-0.3, -0.25) is 4.90 Å². The van der Waals surface area contributed by atoms with E-state index in [1.165, 1.54) is 7.11 Å². The van der Waals surface area contributed by atoms with Crippen LogP contribution < -0.4 is 0 Å². The zero-order chi connectivity index (χ0) is 16.5. The number of carbonyl (C=O) groups is 1. The predicted octanol–water partition coefficient (Wildman–Crippen LogP) is 0.327. The molecule has 1 fully saturated rings. The highest BCUT2D eigenvalue weighted by atomic mass is 16.6. The number of ether oxygens (including phenoxy) is 2. The van der Waals surface area contributed by atoms with E-state index in [0.29, 0.717) is 0 Å². The highest BCUT2D eigenvalue weighted by Crippen LogP contribution is 2.30. The lowest BCUT2D eigenvalue weighted by molar-refractivity contribution is -0.186. The maximum Gasteiger partial charge on any atom is 0.341 e. The molecule has 2 heterocycles. The number of methoxy groups -OCH3 is 1. The van der Waals surface area contributed by atoms with Crippen LogP contribution in [0, 0.1) is 5.92 Å². The van der Waals surface area contributed by atoms with Crippen molar-refractivity contribution in [2.75, 3.05) is 26.8 Å². The summed E-state index contributed by atoms with van der Waals surface area (Å²) in [5.41, 5.74) is -0.767. The molecular weight excluding hydrogens is 286 g/mol. The Hall–Kier alpha value is -0.950. The summed E-state index contributed by atoms with van der Waals surface area (Å²) in [7, 11) is 1.46. The summed E-state index contributed by atoms with van der Waals surface area (Å²) in [6.45, 7) is 6.90. The Morgan fingerprint density at radius 3 is 2.77 bits per heavy atom. The lowest BCUT2D eigenvalue weighted by atomic mass is 9.85. The molecule has 2 aliphatic rings. The van der Waals surface area contributed by atoms with Crippen LogP contribution in [0.5, 0.6) is 0 Å². The molecule has 126 valence electrons. The first-order valence-corrected chi connectivity index (χ1v) is 7.85. The third-order valence-electron chi connectivity index (χ3n) is 4.99.